The molecule has 0 unspecified atom stereocenters. The van der Waals surface area contributed by atoms with E-state index in [1.807, 2.05) is 6.07 Å². The van der Waals surface area contributed by atoms with Crippen LogP contribution in [0.15, 0.2) is 84.0 Å². The fourth-order valence-electron chi connectivity index (χ4n) is 3.21. The third-order valence-electron chi connectivity index (χ3n) is 4.96. The van der Waals surface area contributed by atoms with Crippen molar-refractivity contribution in [3.8, 4) is 5.75 Å². The average Bonchev–Trinajstić information content (AvgIpc) is 2.85. The van der Waals surface area contributed by atoms with Crippen molar-refractivity contribution in [3.05, 3.63) is 90.0 Å². The van der Waals surface area contributed by atoms with Crippen LogP contribution >= 0.6 is 0 Å². The van der Waals surface area contributed by atoms with Crippen molar-refractivity contribution >= 4 is 38.9 Å². The first kappa shape index (κ1) is 25.4. The number of nitrogens with zero attached hydrogens (tertiary/aromatic N) is 2. The molecule has 0 aliphatic heterocycles. The van der Waals surface area contributed by atoms with Crippen molar-refractivity contribution in [3.63, 3.8) is 0 Å². The molecule has 0 fully saturated rings. The van der Waals surface area contributed by atoms with Crippen LogP contribution in [0.4, 0.5) is 11.4 Å². The first-order valence-corrected chi connectivity index (χ1v) is 12.4. The number of rotatable bonds is 9. The number of hydrazone groups is 1. The molecule has 35 heavy (non-hydrogen) atoms. The normalized spacial score (nSPS) is 11.5. The molecule has 0 aromatic heterocycles. The summed E-state index contributed by atoms with van der Waals surface area (Å²) in [4.78, 5) is 25.0. The van der Waals surface area contributed by atoms with Crippen LogP contribution in [0.2, 0.25) is 0 Å². The number of hydrogen-bond donors (Lipinski definition) is 2. The summed E-state index contributed by atoms with van der Waals surface area (Å²) in [5, 5.41) is 6.92. The summed E-state index contributed by atoms with van der Waals surface area (Å²) in [5.41, 5.74) is 4.87. The Balaban J connectivity index is 1.71. The van der Waals surface area contributed by atoms with Crippen LogP contribution in [-0.2, 0) is 14.8 Å². The van der Waals surface area contributed by atoms with Gasteiger partial charge in [0.15, 0.2) is 0 Å². The largest absolute Gasteiger partial charge is 0.495 e. The number of carbonyl (C=O) groups is 2. The number of methoxy groups -OCH3 is 1. The van der Waals surface area contributed by atoms with Gasteiger partial charge in [0.1, 0.15) is 12.3 Å². The van der Waals surface area contributed by atoms with Crippen molar-refractivity contribution < 1.29 is 22.7 Å². The minimum Gasteiger partial charge on any atom is -0.495 e. The van der Waals surface area contributed by atoms with E-state index in [0.29, 0.717) is 28.3 Å². The number of ether oxygens (including phenoxy) is 1. The Hall–Kier alpha value is -4.18. The zero-order valence-corrected chi connectivity index (χ0v) is 20.4. The molecule has 0 saturated carbocycles. The molecule has 2 amide bonds. The van der Waals surface area contributed by atoms with Crippen LogP contribution in [0.25, 0.3) is 0 Å². The fraction of sp³-hybridized carbons (Fsp3) is 0.160. The van der Waals surface area contributed by atoms with Crippen LogP contribution in [-0.4, -0.2) is 45.9 Å². The second-order valence-corrected chi connectivity index (χ2v) is 9.48. The summed E-state index contributed by atoms with van der Waals surface area (Å²) in [7, 11) is -2.35. The molecule has 0 heterocycles. The van der Waals surface area contributed by atoms with Gasteiger partial charge in [-0.05, 0) is 48.9 Å². The molecule has 0 radical (unpaired) electrons. The highest BCUT2D eigenvalue weighted by Crippen LogP contribution is 2.29. The van der Waals surface area contributed by atoms with E-state index in [9.17, 15) is 18.0 Å². The summed E-state index contributed by atoms with van der Waals surface area (Å²) in [5.74, 6) is -0.558. The Morgan fingerprint density at radius 1 is 0.943 bits per heavy atom. The topological polar surface area (TPSA) is 117 Å². The van der Waals surface area contributed by atoms with Gasteiger partial charge in [0.05, 0.1) is 24.8 Å². The summed E-state index contributed by atoms with van der Waals surface area (Å²) < 4.78 is 30.9. The van der Waals surface area contributed by atoms with E-state index in [0.717, 1.165) is 10.6 Å². The Morgan fingerprint density at radius 3 is 2.29 bits per heavy atom. The number of benzene rings is 3. The molecular formula is C25H26N4O5S. The van der Waals surface area contributed by atoms with Crippen molar-refractivity contribution in [2.45, 2.75) is 6.92 Å². The minimum atomic E-state index is -3.77. The van der Waals surface area contributed by atoms with E-state index in [-0.39, 0.29) is 11.6 Å². The highest BCUT2D eigenvalue weighted by Gasteiger charge is 2.23. The predicted molar refractivity (Wildman–Crippen MR) is 136 cm³/mol. The lowest BCUT2D eigenvalue weighted by atomic mass is 10.1. The first-order chi connectivity index (χ1) is 16.7. The van der Waals surface area contributed by atoms with Gasteiger partial charge in [-0.2, -0.15) is 5.10 Å². The minimum absolute atomic E-state index is 0.246. The number of sulfonamides is 1. The molecule has 0 spiro atoms. The molecule has 182 valence electrons. The maximum atomic E-state index is 12.6. The van der Waals surface area contributed by atoms with Crippen molar-refractivity contribution in [2.75, 3.05) is 29.5 Å². The zero-order valence-electron chi connectivity index (χ0n) is 19.6. The number of amides is 2. The smallest absolute Gasteiger partial charge is 0.260 e. The molecular weight excluding hydrogens is 468 g/mol. The van der Waals surface area contributed by atoms with E-state index >= 15 is 0 Å². The highest BCUT2D eigenvalue weighted by molar-refractivity contribution is 7.92. The molecule has 0 aliphatic carbocycles. The maximum Gasteiger partial charge on any atom is 0.260 e. The van der Waals surface area contributed by atoms with Gasteiger partial charge in [0, 0.05) is 11.3 Å². The van der Waals surface area contributed by atoms with E-state index in [2.05, 4.69) is 15.8 Å². The monoisotopic (exact) mass is 494 g/mol. The first-order valence-electron chi connectivity index (χ1n) is 10.6. The molecule has 3 aromatic carbocycles. The third-order valence-corrected chi connectivity index (χ3v) is 6.09. The molecule has 0 bridgehead atoms. The number of nitrogens with one attached hydrogen (secondary N) is 2. The lowest BCUT2D eigenvalue weighted by Crippen LogP contribution is -2.39. The average molecular weight is 495 g/mol. The Morgan fingerprint density at radius 2 is 1.60 bits per heavy atom. The van der Waals surface area contributed by atoms with Crippen LogP contribution in [0.3, 0.4) is 0 Å². The quantitative estimate of drug-likeness (QED) is 0.350. The molecule has 2 N–H and O–H groups in total. The van der Waals surface area contributed by atoms with E-state index in [1.54, 1.807) is 79.7 Å². The van der Waals surface area contributed by atoms with Crippen molar-refractivity contribution in [1.29, 1.82) is 0 Å². The summed E-state index contributed by atoms with van der Waals surface area (Å²) in [6, 6.07) is 22.3. The SMILES string of the molecule is COc1ccccc1N(CC(=O)N/N=C(/C)c1cccc(NC(=O)c2ccccc2)c1)S(C)(=O)=O. The molecule has 0 saturated heterocycles. The Labute approximate surface area is 204 Å². The van der Waals surface area contributed by atoms with Crippen LogP contribution in [0.5, 0.6) is 5.75 Å². The van der Waals surface area contributed by atoms with Crippen molar-refractivity contribution in [2.24, 2.45) is 5.10 Å². The Bertz CT molecular complexity index is 1340. The molecule has 3 aromatic rings. The number of carbonyl (C=O) groups excluding carboxylic acids is 2. The molecule has 0 aliphatic rings. The molecule has 9 nitrogen and oxygen atoms in total. The molecule has 0 atom stereocenters. The van der Waals surface area contributed by atoms with Gasteiger partial charge in [-0.15, -0.1) is 0 Å². The van der Waals surface area contributed by atoms with Crippen LogP contribution < -0.4 is 19.8 Å². The van der Waals surface area contributed by atoms with Crippen LogP contribution in [0, 0.1) is 0 Å². The number of para-hydroxylation sites is 2. The van der Waals surface area contributed by atoms with E-state index in [1.165, 1.54) is 7.11 Å². The van der Waals surface area contributed by atoms with Gasteiger partial charge < -0.3 is 10.1 Å². The van der Waals surface area contributed by atoms with Crippen LogP contribution in [0.1, 0.15) is 22.8 Å². The summed E-state index contributed by atoms with van der Waals surface area (Å²) in [6.45, 7) is 1.20. The van der Waals surface area contributed by atoms with Gasteiger partial charge in [-0.3, -0.25) is 13.9 Å². The maximum absolute atomic E-state index is 12.6. The summed E-state index contributed by atoms with van der Waals surface area (Å²) in [6.07, 6.45) is 1.01. The van der Waals surface area contributed by atoms with E-state index in [4.69, 9.17) is 4.74 Å². The second-order valence-electron chi connectivity index (χ2n) is 7.57. The lowest BCUT2D eigenvalue weighted by Gasteiger charge is -2.23. The fourth-order valence-corrected chi connectivity index (χ4v) is 4.07. The van der Waals surface area contributed by atoms with Gasteiger partial charge >= 0.3 is 0 Å². The standard InChI is InChI=1S/C25H26N4O5S/c1-18(20-12-9-13-21(16-20)26-25(31)19-10-5-4-6-11-19)27-28-24(30)17-29(35(3,32)33)22-14-7-8-15-23(22)34-2/h4-16H,17H2,1-3H3,(H,26,31)(H,28,30)/b27-18-. The van der Waals surface area contributed by atoms with Gasteiger partial charge in [0.2, 0.25) is 10.0 Å². The van der Waals surface area contributed by atoms with Crippen molar-refractivity contribution in [1.82, 2.24) is 5.43 Å². The highest BCUT2D eigenvalue weighted by atomic mass is 32.2. The van der Waals surface area contributed by atoms with E-state index < -0.39 is 22.5 Å². The van der Waals surface area contributed by atoms with Gasteiger partial charge in [0.25, 0.3) is 11.8 Å². The second kappa shape index (κ2) is 11.3. The third kappa shape index (κ3) is 6.90. The lowest BCUT2D eigenvalue weighted by molar-refractivity contribution is -0.119. The number of anilines is 2. The van der Waals surface area contributed by atoms with Gasteiger partial charge in [-0.1, -0.05) is 42.5 Å². The number of hydrogen-bond acceptors (Lipinski definition) is 6. The summed E-state index contributed by atoms with van der Waals surface area (Å²) >= 11 is 0. The molecule has 10 heteroatoms. The zero-order chi connectivity index (χ0) is 25.4. The Kier molecular flexibility index (Phi) is 8.21. The van der Waals surface area contributed by atoms with Gasteiger partial charge in [-0.25, -0.2) is 13.8 Å². The molecule has 3 rings (SSSR count). The predicted octanol–water partition coefficient (Wildman–Crippen LogP) is 3.25.